The molecule has 19 heavy (non-hydrogen) atoms. The first-order valence-corrected chi connectivity index (χ1v) is 6.77. The summed E-state index contributed by atoms with van der Waals surface area (Å²) in [6, 6.07) is 0. The number of rotatable bonds is 7. The van der Waals surface area contributed by atoms with Crippen LogP contribution in [0, 0.1) is 6.92 Å². The number of amides is 1. The lowest BCUT2D eigenvalue weighted by atomic mass is 10.3. The lowest BCUT2D eigenvalue weighted by molar-refractivity contribution is -0.137. The van der Waals surface area contributed by atoms with E-state index in [1.165, 1.54) is 23.3 Å². The zero-order valence-electron chi connectivity index (χ0n) is 11.3. The molecule has 6 nitrogen and oxygen atoms in total. The van der Waals surface area contributed by atoms with E-state index in [9.17, 15) is 9.59 Å². The second-order valence-electron chi connectivity index (χ2n) is 3.99. The molecule has 0 aliphatic heterocycles. The maximum Gasteiger partial charge on any atom is 0.323 e. The zero-order valence-corrected chi connectivity index (χ0v) is 12.1. The Morgan fingerprint density at radius 3 is 2.63 bits per heavy atom. The molecule has 1 rings (SSSR count). The first-order chi connectivity index (χ1) is 8.99. The Balaban J connectivity index is 2.90. The minimum Gasteiger partial charge on any atom is -0.480 e. The fraction of sp³-hybridized carbons (Fsp3) is 0.583. The Morgan fingerprint density at radius 1 is 1.47 bits per heavy atom. The molecule has 0 saturated heterocycles. The van der Waals surface area contributed by atoms with Gasteiger partial charge in [0.25, 0.3) is 5.91 Å². The van der Waals surface area contributed by atoms with Crippen LogP contribution in [0.25, 0.3) is 0 Å². The van der Waals surface area contributed by atoms with Gasteiger partial charge in [-0.05, 0) is 13.3 Å². The van der Waals surface area contributed by atoms with E-state index in [-0.39, 0.29) is 19.0 Å². The molecular weight excluding hydrogens is 268 g/mol. The largest absolute Gasteiger partial charge is 0.480 e. The molecule has 0 atom stereocenters. The van der Waals surface area contributed by atoms with Crippen LogP contribution in [0.5, 0.6) is 0 Å². The molecule has 0 spiro atoms. The van der Waals surface area contributed by atoms with Gasteiger partial charge in [-0.3, -0.25) is 9.59 Å². The number of aliphatic carboxylic acids is 1. The van der Waals surface area contributed by atoms with Crippen molar-refractivity contribution in [3.63, 3.8) is 0 Å². The second-order valence-corrected chi connectivity index (χ2v) is 5.07. The van der Waals surface area contributed by atoms with Crippen molar-refractivity contribution in [3.8, 4) is 0 Å². The third kappa shape index (κ3) is 4.29. The van der Waals surface area contributed by atoms with Crippen molar-refractivity contribution >= 4 is 23.2 Å². The van der Waals surface area contributed by atoms with Gasteiger partial charge in [0.1, 0.15) is 11.4 Å². The number of aryl methyl sites for hydroxylation is 2. The van der Waals surface area contributed by atoms with Crippen LogP contribution in [0.1, 0.15) is 27.3 Å². The number of aromatic nitrogens is 1. The summed E-state index contributed by atoms with van der Waals surface area (Å²) >= 11 is 1.32. The molecule has 0 saturated carbocycles. The molecule has 0 bridgehead atoms. The molecule has 0 aliphatic carbocycles. The topological polar surface area (TPSA) is 79.7 Å². The van der Waals surface area contributed by atoms with E-state index >= 15 is 0 Å². The highest BCUT2D eigenvalue weighted by Gasteiger charge is 2.22. The summed E-state index contributed by atoms with van der Waals surface area (Å²) in [6.45, 7) is 3.95. The summed E-state index contributed by atoms with van der Waals surface area (Å²) in [6.07, 6.45) is 0.760. The number of hydrogen-bond acceptors (Lipinski definition) is 5. The third-order valence-electron chi connectivity index (χ3n) is 2.52. The predicted molar refractivity (Wildman–Crippen MR) is 71.6 cm³/mol. The lowest BCUT2D eigenvalue weighted by Gasteiger charge is -2.19. The molecule has 0 unspecified atom stereocenters. The Labute approximate surface area is 116 Å². The van der Waals surface area contributed by atoms with Gasteiger partial charge in [0.2, 0.25) is 0 Å². The number of thiazole rings is 1. The monoisotopic (exact) mass is 286 g/mol. The molecule has 7 heteroatoms. The number of carbonyl (C=O) groups is 2. The average Bonchev–Trinajstić information content (AvgIpc) is 2.74. The van der Waals surface area contributed by atoms with Crippen molar-refractivity contribution in [2.45, 2.75) is 20.3 Å². The third-order valence-corrected chi connectivity index (χ3v) is 3.81. The molecule has 1 aromatic rings. The summed E-state index contributed by atoms with van der Waals surface area (Å²) in [4.78, 5) is 29.2. The van der Waals surface area contributed by atoms with Crippen LogP contribution in [0.4, 0.5) is 0 Å². The number of carboxylic acids is 1. The van der Waals surface area contributed by atoms with Gasteiger partial charge in [0, 0.05) is 13.7 Å². The van der Waals surface area contributed by atoms with Crippen LogP contribution in [-0.2, 0) is 16.0 Å². The number of ether oxygens (including phenoxy) is 1. The smallest absolute Gasteiger partial charge is 0.323 e. The van der Waals surface area contributed by atoms with Crippen LogP contribution < -0.4 is 0 Å². The minimum absolute atomic E-state index is 0.250. The van der Waals surface area contributed by atoms with Crippen molar-refractivity contribution < 1.29 is 19.4 Å². The van der Waals surface area contributed by atoms with E-state index in [0.29, 0.717) is 17.2 Å². The normalized spacial score (nSPS) is 10.5. The summed E-state index contributed by atoms with van der Waals surface area (Å²) in [5.41, 5.74) is 0.652. The number of methoxy groups -OCH3 is 1. The van der Waals surface area contributed by atoms with E-state index in [1.54, 1.807) is 6.92 Å². The second kappa shape index (κ2) is 7.20. The molecule has 106 valence electrons. The van der Waals surface area contributed by atoms with Crippen LogP contribution >= 0.6 is 11.3 Å². The van der Waals surface area contributed by atoms with Gasteiger partial charge < -0.3 is 14.7 Å². The van der Waals surface area contributed by atoms with Gasteiger partial charge in [0.15, 0.2) is 0 Å². The summed E-state index contributed by atoms with van der Waals surface area (Å²) in [5, 5.41) is 9.73. The predicted octanol–water partition coefficient (Wildman–Crippen LogP) is 1.19. The van der Waals surface area contributed by atoms with Gasteiger partial charge >= 0.3 is 5.97 Å². The average molecular weight is 286 g/mol. The van der Waals surface area contributed by atoms with E-state index in [2.05, 4.69) is 4.98 Å². The van der Waals surface area contributed by atoms with Crippen LogP contribution in [-0.4, -0.2) is 53.7 Å². The highest BCUT2D eigenvalue weighted by molar-refractivity contribution is 7.13. The van der Waals surface area contributed by atoms with Gasteiger partial charge in [-0.15, -0.1) is 11.3 Å². The molecule has 0 fully saturated rings. The number of nitrogens with zero attached hydrogens (tertiary/aromatic N) is 2. The van der Waals surface area contributed by atoms with Crippen LogP contribution in [0.3, 0.4) is 0 Å². The van der Waals surface area contributed by atoms with Crippen molar-refractivity contribution in [1.82, 2.24) is 9.88 Å². The Hall–Kier alpha value is -1.47. The highest BCUT2D eigenvalue weighted by atomic mass is 32.1. The zero-order chi connectivity index (χ0) is 14.4. The fourth-order valence-electron chi connectivity index (χ4n) is 1.56. The SMILES string of the molecule is CCc1nc(C)c(C(=O)N(CCOC)CC(=O)O)s1. The van der Waals surface area contributed by atoms with Crippen molar-refractivity contribution in [3.05, 3.63) is 15.6 Å². The van der Waals surface area contributed by atoms with Gasteiger partial charge in [-0.2, -0.15) is 0 Å². The molecular formula is C12H18N2O4S. The molecule has 0 aliphatic rings. The maximum absolute atomic E-state index is 12.3. The first-order valence-electron chi connectivity index (χ1n) is 5.95. The summed E-state index contributed by atoms with van der Waals surface area (Å²) < 4.78 is 4.90. The van der Waals surface area contributed by atoms with E-state index in [1.807, 2.05) is 6.92 Å². The molecule has 0 aromatic carbocycles. The Morgan fingerprint density at radius 2 is 2.16 bits per heavy atom. The number of carbonyl (C=O) groups excluding carboxylic acids is 1. The van der Waals surface area contributed by atoms with Crippen LogP contribution in [0.15, 0.2) is 0 Å². The number of hydrogen-bond donors (Lipinski definition) is 1. The molecule has 0 radical (unpaired) electrons. The van der Waals surface area contributed by atoms with Gasteiger partial charge in [-0.1, -0.05) is 6.92 Å². The van der Waals surface area contributed by atoms with Crippen molar-refractivity contribution in [1.29, 1.82) is 0 Å². The van der Waals surface area contributed by atoms with E-state index < -0.39 is 5.97 Å². The van der Waals surface area contributed by atoms with Crippen molar-refractivity contribution in [2.75, 3.05) is 26.8 Å². The molecule has 1 amide bonds. The Kier molecular flexibility index (Phi) is 5.91. The Bertz CT molecular complexity index is 459. The van der Waals surface area contributed by atoms with E-state index in [4.69, 9.17) is 9.84 Å². The fourth-order valence-corrected chi connectivity index (χ4v) is 2.54. The maximum atomic E-state index is 12.3. The van der Waals surface area contributed by atoms with Crippen LogP contribution in [0.2, 0.25) is 0 Å². The molecule has 1 N–H and O–H groups in total. The quantitative estimate of drug-likeness (QED) is 0.814. The van der Waals surface area contributed by atoms with Gasteiger partial charge in [0.05, 0.1) is 17.3 Å². The lowest BCUT2D eigenvalue weighted by Crippen LogP contribution is -2.37. The molecule has 1 aromatic heterocycles. The minimum atomic E-state index is -1.04. The van der Waals surface area contributed by atoms with Crippen molar-refractivity contribution in [2.24, 2.45) is 0 Å². The van der Waals surface area contributed by atoms with Gasteiger partial charge in [-0.25, -0.2) is 4.98 Å². The summed E-state index contributed by atoms with van der Waals surface area (Å²) in [7, 11) is 1.51. The number of carboxylic acid groups (broad SMARTS) is 1. The standard InChI is InChI=1S/C12H18N2O4S/c1-4-9-13-8(2)11(19-9)12(17)14(5-6-18-3)7-10(15)16/h4-7H2,1-3H3,(H,15,16). The van der Waals surface area contributed by atoms with E-state index in [0.717, 1.165) is 11.4 Å². The first kappa shape index (κ1) is 15.6. The molecule has 1 heterocycles. The summed E-state index contributed by atoms with van der Waals surface area (Å²) in [5.74, 6) is -1.34. The highest BCUT2D eigenvalue weighted by Crippen LogP contribution is 2.20.